The Labute approximate surface area is 91.7 Å². The van der Waals surface area contributed by atoms with E-state index in [-0.39, 0.29) is 0 Å². The molecule has 0 saturated heterocycles. The monoisotopic (exact) mass is 229 g/mol. The van der Waals surface area contributed by atoms with Crippen LogP contribution in [0.15, 0.2) is 11.6 Å². The zero-order chi connectivity index (χ0) is 9.97. The van der Waals surface area contributed by atoms with Crippen LogP contribution >= 0.6 is 22.9 Å². The maximum absolute atomic E-state index is 6.02. The quantitative estimate of drug-likeness (QED) is 0.817. The van der Waals surface area contributed by atoms with Gasteiger partial charge in [-0.3, -0.25) is 4.40 Å². The molecular weight excluding hydrogens is 218 g/mol. The Kier molecular flexibility index (Phi) is 3.05. The number of fused-ring (bicyclic) bond motifs is 1. The maximum Gasteiger partial charge on any atom is 0.195 e. The number of hydrogen-bond acceptors (Lipinski definition) is 3. The number of halogens is 1. The van der Waals surface area contributed by atoms with E-state index < -0.39 is 0 Å². The zero-order valence-electron chi connectivity index (χ0n) is 7.96. The highest BCUT2D eigenvalue weighted by Gasteiger charge is 2.09. The standard InChI is InChI=1S/C9H12ClN3S/c1-2-3-11-6-7-8(10)12-9-13(7)4-5-14-9/h4-5,11H,2-3,6H2,1H3. The normalized spacial score (nSPS) is 11.3. The third-order valence-corrected chi connectivity index (χ3v) is 3.09. The first-order valence-electron chi connectivity index (χ1n) is 4.63. The SMILES string of the molecule is CCCNCc1c(Cl)nc2sccn12. The van der Waals surface area contributed by atoms with Crippen molar-refractivity contribution in [2.75, 3.05) is 6.54 Å². The number of nitrogens with one attached hydrogen (secondary N) is 1. The second-order valence-corrected chi connectivity index (χ2v) is 4.31. The maximum atomic E-state index is 6.02. The smallest absolute Gasteiger partial charge is 0.195 e. The number of rotatable bonds is 4. The lowest BCUT2D eigenvalue weighted by Gasteiger charge is -2.01. The number of thiazole rings is 1. The molecule has 0 atom stereocenters. The van der Waals surface area contributed by atoms with Gasteiger partial charge in [-0.15, -0.1) is 11.3 Å². The second kappa shape index (κ2) is 4.29. The van der Waals surface area contributed by atoms with Crippen LogP contribution in [-0.2, 0) is 6.54 Å². The van der Waals surface area contributed by atoms with Gasteiger partial charge in [0.1, 0.15) is 0 Å². The summed E-state index contributed by atoms with van der Waals surface area (Å²) in [7, 11) is 0. The third-order valence-electron chi connectivity index (χ3n) is 2.03. The van der Waals surface area contributed by atoms with Gasteiger partial charge in [0.2, 0.25) is 0 Å². The number of nitrogens with zero attached hydrogens (tertiary/aromatic N) is 2. The predicted molar refractivity (Wildman–Crippen MR) is 60.1 cm³/mol. The van der Waals surface area contributed by atoms with Gasteiger partial charge in [0.25, 0.3) is 0 Å². The number of hydrogen-bond donors (Lipinski definition) is 1. The van der Waals surface area contributed by atoms with Crippen molar-refractivity contribution in [2.45, 2.75) is 19.9 Å². The van der Waals surface area contributed by atoms with E-state index in [1.165, 1.54) is 0 Å². The molecule has 3 nitrogen and oxygen atoms in total. The summed E-state index contributed by atoms with van der Waals surface area (Å²) < 4.78 is 2.04. The Bertz CT molecular complexity index is 421. The van der Waals surface area contributed by atoms with Crippen LogP contribution in [0.3, 0.4) is 0 Å². The van der Waals surface area contributed by atoms with E-state index >= 15 is 0 Å². The fourth-order valence-corrected chi connectivity index (χ4v) is 2.37. The van der Waals surface area contributed by atoms with Crippen molar-refractivity contribution < 1.29 is 0 Å². The number of imidazole rings is 1. The molecule has 0 aromatic carbocycles. The van der Waals surface area contributed by atoms with Gasteiger partial charge < -0.3 is 5.32 Å². The minimum atomic E-state index is 0.612. The van der Waals surface area contributed by atoms with Crippen molar-refractivity contribution in [1.29, 1.82) is 0 Å². The van der Waals surface area contributed by atoms with Crippen molar-refractivity contribution in [2.24, 2.45) is 0 Å². The van der Waals surface area contributed by atoms with Crippen LogP contribution in [0, 0.1) is 0 Å². The van der Waals surface area contributed by atoms with Crippen molar-refractivity contribution >= 4 is 27.9 Å². The topological polar surface area (TPSA) is 29.3 Å². The summed E-state index contributed by atoms with van der Waals surface area (Å²) in [6.45, 7) is 3.93. The molecule has 2 aromatic rings. The summed E-state index contributed by atoms with van der Waals surface area (Å²) in [5, 5.41) is 5.95. The minimum Gasteiger partial charge on any atom is -0.311 e. The molecule has 2 heterocycles. The molecule has 2 aromatic heterocycles. The van der Waals surface area contributed by atoms with Gasteiger partial charge in [-0.1, -0.05) is 18.5 Å². The van der Waals surface area contributed by atoms with E-state index in [1.807, 2.05) is 16.0 Å². The van der Waals surface area contributed by atoms with E-state index in [4.69, 9.17) is 11.6 Å². The van der Waals surface area contributed by atoms with Crippen LogP contribution < -0.4 is 5.32 Å². The molecule has 0 aliphatic carbocycles. The molecule has 0 unspecified atom stereocenters. The fraction of sp³-hybridized carbons (Fsp3) is 0.444. The molecule has 0 aliphatic rings. The lowest BCUT2D eigenvalue weighted by Crippen LogP contribution is -2.15. The zero-order valence-corrected chi connectivity index (χ0v) is 9.53. The molecule has 0 radical (unpaired) electrons. The lowest BCUT2D eigenvalue weighted by atomic mass is 10.4. The summed E-state index contributed by atoms with van der Waals surface area (Å²) >= 11 is 7.62. The second-order valence-electron chi connectivity index (χ2n) is 3.08. The van der Waals surface area contributed by atoms with Gasteiger partial charge in [-0.05, 0) is 13.0 Å². The van der Waals surface area contributed by atoms with Gasteiger partial charge in [-0.25, -0.2) is 4.98 Å². The molecule has 0 aliphatic heterocycles. The average molecular weight is 230 g/mol. The van der Waals surface area contributed by atoms with Gasteiger partial charge >= 0.3 is 0 Å². The van der Waals surface area contributed by atoms with Crippen LogP contribution in [0.2, 0.25) is 5.15 Å². The molecule has 14 heavy (non-hydrogen) atoms. The Balaban J connectivity index is 2.21. The largest absolute Gasteiger partial charge is 0.311 e. The van der Waals surface area contributed by atoms with Crippen LogP contribution in [0.1, 0.15) is 19.0 Å². The fourth-order valence-electron chi connectivity index (χ4n) is 1.35. The summed E-state index contributed by atoms with van der Waals surface area (Å²) in [5.41, 5.74) is 1.05. The molecule has 5 heteroatoms. The molecule has 0 spiro atoms. The van der Waals surface area contributed by atoms with Gasteiger partial charge in [0, 0.05) is 18.1 Å². The van der Waals surface area contributed by atoms with E-state index in [0.717, 1.165) is 30.2 Å². The van der Waals surface area contributed by atoms with Crippen molar-refractivity contribution in [3.63, 3.8) is 0 Å². The summed E-state index contributed by atoms with van der Waals surface area (Å²) in [4.78, 5) is 5.22. The predicted octanol–water partition coefficient (Wildman–Crippen LogP) is 2.55. The molecule has 0 saturated carbocycles. The van der Waals surface area contributed by atoms with Crippen molar-refractivity contribution in [3.05, 3.63) is 22.4 Å². The molecule has 0 fully saturated rings. The highest BCUT2D eigenvalue weighted by Crippen LogP contribution is 2.20. The van der Waals surface area contributed by atoms with Crippen LogP contribution in [-0.4, -0.2) is 15.9 Å². The van der Waals surface area contributed by atoms with Gasteiger partial charge in [-0.2, -0.15) is 0 Å². The van der Waals surface area contributed by atoms with Crippen molar-refractivity contribution in [3.8, 4) is 0 Å². The Morgan fingerprint density at radius 1 is 1.64 bits per heavy atom. The molecule has 76 valence electrons. The number of aromatic nitrogens is 2. The first kappa shape index (κ1) is 9.96. The lowest BCUT2D eigenvalue weighted by molar-refractivity contribution is 0.661. The third kappa shape index (κ3) is 1.78. The first-order valence-corrected chi connectivity index (χ1v) is 5.89. The van der Waals surface area contributed by atoms with E-state index in [2.05, 4.69) is 17.2 Å². The Morgan fingerprint density at radius 3 is 3.29 bits per heavy atom. The van der Waals surface area contributed by atoms with Crippen molar-refractivity contribution in [1.82, 2.24) is 14.7 Å². The van der Waals surface area contributed by atoms with E-state index in [0.29, 0.717) is 5.15 Å². The summed E-state index contributed by atoms with van der Waals surface area (Å²) in [5.74, 6) is 0. The van der Waals surface area contributed by atoms with E-state index in [9.17, 15) is 0 Å². The van der Waals surface area contributed by atoms with Crippen LogP contribution in [0.5, 0.6) is 0 Å². The molecule has 0 bridgehead atoms. The summed E-state index contributed by atoms with van der Waals surface area (Å²) in [6, 6.07) is 0. The first-order chi connectivity index (χ1) is 6.83. The highest BCUT2D eigenvalue weighted by atomic mass is 35.5. The highest BCUT2D eigenvalue weighted by molar-refractivity contribution is 7.15. The molecule has 0 amide bonds. The molecule has 1 N–H and O–H groups in total. The Morgan fingerprint density at radius 2 is 2.50 bits per heavy atom. The average Bonchev–Trinajstić information content (AvgIpc) is 2.69. The minimum absolute atomic E-state index is 0.612. The van der Waals surface area contributed by atoms with E-state index in [1.54, 1.807) is 11.3 Å². The van der Waals surface area contributed by atoms with Gasteiger partial charge in [0.15, 0.2) is 10.1 Å². The van der Waals surface area contributed by atoms with Gasteiger partial charge in [0.05, 0.1) is 5.69 Å². The van der Waals surface area contributed by atoms with Crippen LogP contribution in [0.4, 0.5) is 0 Å². The molecule has 2 rings (SSSR count). The Hall–Kier alpha value is -0.580. The molecular formula is C9H12ClN3S. The summed E-state index contributed by atoms with van der Waals surface area (Å²) in [6.07, 6.45) is 3.13. The van der Waals surface area contributed by atoms with Crippen LogP contribution in [0.25, 0.3) is 4.96 Å².